The first-order valence-corrected chi connectivity index (χ1v) is 9.57. The molecular formula is C20H33N5O2. The summed E-state index contributed by atoms with van der Waals surface area (Å²) in [4.78, 5) is 29.7. The number of nitrogens with zero attached hydrogens (tertiary/aromatic N) is 2. The summed E-state index contributed by atoms with van der Waals surface area (Å²) in [6, 6.07) is 7.66. The van der Waals surface area contributed by atoms with Gasteiger partial charge in [-0.3, -0.25) is 14.6 Å². The molecule has 0 saturated carbocycles. The van der Waals surface area contributed by atoms with Crippen LogP contribution in [0.4, 0.5) is 0 Å². The first kappa shape index (κ1) is 22.5. The summed E-state index contributed by atoms with van der Waals surface area (Å²) in [6.07, 6.45) is 2.09. The Morgan fingerprint density at radius 2 is 1.85 bits per heavy atom. The fourth-order valence-electron chi connectivity index (χ4n) is 2.41. The van der Waals surface area contributed by atoms with Crippen LogP contribution in [0.3, 0.4) is 0 Å². The molecule has 1 rings (SSSR count). The molecule has 0 heterocycles. The van der Waals surface area contributed by atoms with Crippen molar-refractivity contribution in [3.05, 3.63) is 35.4 Å². The number of hydrogen-bond donors (Lipinski definition) is 3. The Morgan fingerprint density at radius 3 is 2.52 bits per heavy atom. The SMILES string of the molecule is CCCNC(=O)CCN=C(NCC)NCCc1cccc(C(=O)N(C)C)c1. The highest BCUT2D eigenvalue weighted by Gasteiger charge is 2.08. The molecule has 7 nitrogen and oxygen atoms in total. The molecule has 27 heavy (non-hydrogen) atoms. The van der Waals surface area contributed by atoms with Gasteiger partial charge >= 0.3 is 0 Å². The van der Waals surface area contributed by atoms with E-state index in [1.54, 1.807) is 19.0 Å². The van der Waals surface area contributed by atoms with Crippen LogP contribution in [-0.4, -0.2) is 62.9 Å². The third-order valence-corrected chi connectivity index (χ3v) is 3.81. The van der Waals surface area contributed by atoms with E-state index in [2.05, 4.69) is 20.9 Å². The van der Waals surface area contributed by atoms with E-state index in [9.17, 15) is 9.59 Å². The number of aliphatic imine (C=N–C) groups is 1. The smallest absolute Gasteiger partial charge is 0.253 e. The van der Waals surface area contributed by atoms with Crippen molar-refractivity contribution in [2.75, 3.05) is 40.3 Å². The second-order valence-electron chi connectivity index (χ2n) is 6.44. The Hall–Kier alpha value is -2.57. The average molecular weight is 376 g/mol. The maximum absolute atomic E-state index is 12.1. The van der Waals surface area contributed by atoms with E-state index in [4.69, 9.17) is 0 Å². The molecule has 0 aliphatic rings. The zero-order valence-electron chi connectivity index (χ0n) is 17.0. The fraction of sp³-hybridized carbons (Fsp3) is 0.550. The Bertz CT molecular complexity index is 629. The maximum atomic E-state index is 12.1. The first-order valence-electron chi connectivity index (χ1n) is 9.57. The van der Waals surface area contributed by atoms with E-state index in [0.717, 1.165) is 24.9 Å². The summed E-state index contributed by atoms with van der Waals surface area (Å²) in [6.45, 7) is 6.61. The van der Waals surface area contributed by atoms with Crippen LogP contribution in [0.5, 0.6) is 0 Å². The molecule has 0 atom stereocenters. The largest absolute Gasteiger partial charge is 0.357 e. The Balaban J connectivity index is 2.50. The van der Waals surface area contributed by atoms with Gasteiger partial charge in [-0.05, 0) is 37.5 Å². The number of guanidine groups is 1. The van der Waals surface area contributed by atoms with Gasteiger partial charge in [-0.15, -0.1) is 0 Å². The Labute approximate surface area is 162 Å². The molecular weight excluding hydrogens is 342 g/mol. The summed E-state index contributed by atoms with van der Waals surface area (Å²) in [5.41, 5.74) is 1.78. The minimum Gasteiger partial charge on any atom is -0.357 e. The summed E-state index contributed by atoms with van der Waals surface area (Å²) in [7, 11) is 3.50. The number of carbonyl (C=O) groups excluding carboxylic acids is 2. The normalized spacial score (nSPS) is 11.0. The van der Waals surface area contributed by atoms with Gasteiger partial charge < -0.3 is 20.9 Å². The zero-order chi connectivity index (χ0) is 20.1. The molecule has 2 amide bonds. The third-order valence-electron chi connectivity index (χ3n) is 3.81. The highest BCUT2D eigenvalue weighted by molar-refractivity contribution is 5.94. The average Bonchev–Trinajstić information content (AvgIpc) is 2.66. The number of benzene rings is 1. The number of hydrogen-bond acceptors (Lipinski definition) is 3. The van der Waals surface area contributed by atoms with E-state index < -0.39 is 0 Å². The lowest BCUT2D eigenvalue weighted by Gasteiger charge is -2.13. The molecule has 0 unspecified atom stereocenters. The first-order chi connectivity index (χ1) is 13.0. The Morgan fingerprint density at radius 1 is 1.07 bits per heavy atom. The van der Waals surface area contributed by atoms with Crippen molar-refractivity contribution in [2.24, 2.45) is 4.99 Å². The van der Waals surface area contributed by atoms with Crippen LogP contribution in [0, 0.1) is 0 Å². The summed E-state index contributed by atoms with van der Waals surface area (Å²) in [5, 5.41) is 9.29. The van der Waals surface area contributed by atoms with E-state index in [0.29, 0.717) is 37.6 Å². The maximum Gasteiger partial charge on any atom is 0.253 e. The molecule has 0 aliphatic heterocycles. The minimum atomic E-state index is 0.000981. The second-order valence-corrected chi connectivity index (χ2v) is 6.44. The van der Waals surface area contributed by atoms with Crippen molar-refractivity contribution in [3.8, 4) is 0 Å². The molecule has 3 N–H and O–H groups in total. The molecule has 1 aromatic carbocycles. The lowest BCUT2D eigenvalue weighted by Crippen LogP contribution is -2.38. The fourth-order valence-corrected chi connectivity index (χ4v) is 2.41. The van der Waals surface area contributed by atoms with Crippen LogP contribution in [-0.2, 0) is 11.2 Å². The van der Waals surface area contributed by atoms with Crippen LogP contribution in [0.2, 0.25) is 0 Å². The summed E-state index contributed by atoms with van der Waals surface area (Å²) < 4.78 is 0. The molecule has 0 fully saturated rings. The van der Waals surface area contributed by atoms with Crippen molar-refractivity contribution in [1.82, 2.24) is 20.9 Å². The number of carbonyl (C=O) groups is 2. The number of amides is 2. The molecule has 0 aromatic heterocycles. The van der Waals surface area contributed by atoms with Crippen molar-refractivity contribution in [3.63, 3.8) is 0 Å². The van der Waals surface area contributed by atoms with E-state index in [1.807, 2.05) is 38.1 Å². The van der Waals surface area contributed by atoms with Crippen LogP contribution < -0.4 is 16.0 Å². The van der Waals surface area contributed by atoms with Crippen molar-refractivity contribution < 1.29 is 9.59 Å². The van der Waals surface area contributed by atoms with E-state index >= 15 is 0 Å². The molecule has 0 saturated heterocycles. The van der Waals surface area contributed by atoms with Crippen LogP contribution in [0.25, 0.3) is 0 Å². The zero-order valence-corrected chi connectivity index (χ0v) is 17.0. The summed E-state index contributed by atoms with van der Waals surface area (Å²) >= 11 is 0. The highest BCUT2D eigenvalue weighted by Crippen LogP contribution is 2.07. The highest BCUT2D eigenvalue weighted by atomic mass is 16.2. The van der Waals surface area contributed by atoms with Gasteiger partial charge in [0.15, 0.2) is 5.96 Å². The van der Waals surface area contributed by atoms with Gasteiger partial charge in [-0.1, -0.05) is 19.1 Å². The van der Waals surface area contributed by atoms with Gasteiger partial charge in [0.25, 0.3) is 5.91 Å². The quantitative estimate of drug-likeness (QED) is 0.426. The van der Waals surface area contributed by atoms with Gasteiger partial charge in [0, 0.05) is 45.7 Å². The van der Waals surface area contributed by atoms with Crippen molar-refractivity contribution >= 4 is 17.8 Å². The van der Waals surface area contributed by atoms with Gasteiger partial charge in [0.2, 0.25) is 5.91 Å². The van der Waals surface area contributed by atoms with Gasteiger partial charge in [0.05, 0.1) is 6.54 Å². The monoisotopic (exact) mass is 375 g/mol. The molecule has 150 valence electrons. The van der Waals surface area contributed by atoms with Crippen molar-refractivity contribution in [2.45, 2.75) is 33.1 Å². The molecule has 0 spiro atoms. The van der Waals surface area contributed by atoms with Gasteiger partial charge in [-0.25, -0.2) is 0 Å². The van der Waals surface area contributed by atoms with Crippen LogP contribution in [0.15, 0.2) is 29.3 Å². The number of rotatable bonds is 10. The predicted molar refractivity (Wildman–Crippen MR) is 110 cm³/mol. The molecule has 0 radical (unpaired) electrons. The predicted octanol–water partition coefficient (Wildman–Crippen LogP) is 1.40. The molecule has 0 aliphatic carbocycles. The second kappa shape index (κ2) is 12.7. The topological polar surface area (TPSA) is 85.8 Å². The van der Waals surface area contributed by atoms with Gasteiger partial charge in [0.1, 0.15) is 0 Å². The molecule has 0 bridgehead atoms. The standard InChI is InChI=1S/C20H33N5O2/c1-5-12-22-18(26)11-14-24-20(21-6-2)23-13-10-16-8-7-9-17(15-16)19(27)25(3)4/h7-9,15H,5-6,10-14H2,1-4H3,(H,22,26)(H2,21,23,24). The molecule has 7 heteroatoms. The van der Waals surface area contributed by atoms with E-state index in [1.165, 1.54) is 0 Å². The number of nitrogens with one attached hydrogen (secondary N) is 3. The van der Waals surface area contributed by atoms with Crippen molar-refractivity contribution in [1.29, 1.82) is 0 Å². The Kier molecular flexibility index (Phi) is 10.6. The molecule has 1 aromatic rings. The summed E-state index contributed by atoms with van der Waals surface area (Å²) in [5.74, 6) is 0.723. The van der Waals surface area contributed by atoms with E-state index in [-0.39, 0.29) is 11.8 Å². The minimum absolute atomic E-state index is 0.000981. The van der Waals surface area contributed by atoms with Crippen LogP contribution in [0.1, 0.15) is 42.6 Å². The lowest BCUT2D eigenvalue weighted by molar-refractivity contribution is -0.120. The third kappa shape index (κ3) is 9.08. The lowest BCUT2D eigenvalue weighted by atomic mass is 10.1. The van der Waals surface area contributed by atoms with Crippen LogP contribution >= 0.6 is 0 Å². The van der Waals surface area contributed by atoms with Gasteiger partial charge in [-0.2, -0.15) is 0 Å².